The van der Waals surface area contributed by atoms with E-state index in [0.29, 0.717) is 0 Å². The molecule has 1 rings (SSSR count). The van der Waals surface area contributed by atoms with Crippen molar-refractivity contribution in [1.82, 2.24) is 0 Å². The van der Waals surface area contributed by atoms with Crippen LogP contribution in [0.5, 0.6) is 0 Å². The van der Waals surface area contributed by atoms with Crippen molar-refractivity contribution >= 4 is 5.97 Å². The highest BCUT2D eigenvalue weighted by Gasteiger charge is 2.46. The van der Waals surface area contributed by atoms with Crippen molar-refractivity contribution in [1.29, 1.82) is 0 Å². The number of alkyl halides is 2. The third-order valence-corrected chi connectivity index (χ3v) is 2.09. The Morgan fingerprint density at radius 3 is 2.47 bits per heavy atom. The van der Waals surface area contributed by atoms with Gasteiger partial charge in [0, 0.05) is 0 Å². The van der Waals surface area contributed by atoms with Crippen molar-refractivity contribution < 1.29 is 28.5 Å². The summed E-state index contributed by atoms with van der Waals surface area (Å²) in [4.78, 5) is 10.1. The first-order valence-electron chi connectivity index (χ1n) is 4.85. The van der Waals surface area contributed by atoms with Crippen LogP contribution in [0.4, 0.5) is 8.78 Å². The maximum absolute atomic E-state index is 12.7. The monoisotopic (exact) mass is 246 g/mol. The number of aliphatic carboxylic acids is 1. The molecule has 0 aliphatic rings. The molecule has 1 aromatic carbocycles. The molecule has 2 N–H and O–H groups in total. The Hall–Kier alpha value is -1.53. The second-order valence-corrected chi connectivity index (χ2v) is 3.44. The van der Waals surface area contributed by atoms with Crippen molar-refractivity contribution in [2.75, 3.05) is 6.61 Å². The van der Waals surface area contributed by atoms with Gasteiger partial charge in [-0.05, 0) is 5.56 Å². The minimum atomic E-state index is -4.20. The van der Waals surface area contributed by atoms with Gasteiger partial charge >= 0.3 is 11.9 Å². The van der Waals surface area contributed by atoms with E-state index in [1.807, 2.05) is 0 Å². The molecule has 0 radical (unpaired) electrons. The number of carboxylic acid groups (broad SMARTS) is 1. The van der Waals surface area contributed by atoms with Gasteiger partial charge in [0.1, 0.15) is 0 Å². The number of halogens is 2. The van der Waals surface area contributed by atoms with Crippen LogP contribution in [0.1, 0.15) is 5.56 Å². The van der Waals surface area contributed by atoms with Crippen molar-refractivity contribution in [2.24, 2.45) is 0 Å². The highest BCUT2D eigenvalue weighted by atomic mass is 19.3. The number of carbonyl (C=O) groups is 1. The molecule has 6 heteroatoms. The Labute approximate surface area is 96.5 Å². The molecule has 0 fully saturated rings. The van der Waals surface area contributed by atoms with E-state index in [1.54, 1.807) is 30.3 Å². The number of rotatable bonds is 6. The van der Waals surface area contributed by atoms with Gasteiger partial charge in [0.2, 0.25) is 0 Å². The van der Waals surface area contributed by atoms with Crippen LogP contribution in [0, 0.1) is 0 Å². The Kier molecular flexibility index (Phi) is 4.53. The van der Waals surface area contributed by atoms with Crippen LogP contribution in [-0.4, -0.2) is 34.8 Å². The molecular formula is C11H12F2O4. The fraction of sp³-hybridized carbons (Fsp3) is 0.364. The van der Waals surface area contributed by atoms with E-state index in [4.69, 9.17) is 14.9 Å². The minimum absolute atomic E-state index is 0.0353. The third kappa shape index (κ3) is 3.76. The van der Waals surface area contributed by atoms with Gasteiger partial charge in [0.05, 0.1) is 13.2 Å². The summed E-state index contributed by atoms with van der Waals surface area (Å²) in [6, 6.07) is 8.74. The summed E-state index contributed by atoms with van der Waals surface area (Å²) in [7, 11) is 0. The highest BCUT2D eigenvalue weighted by molar-refractivity contribution is 5.76. The number of carboxylic acids is 1. The van der Waals surface area contributed by atoms with Gasteiger partial charge in [0.25, 0.3) is 0 Å². The lowest BCUT2D eigenvalue weighted by atomic mass is 10.2. The summed E-state index contributed by atoms with van der Waals surface area (Å²) in [5.74, 6) is -6.57. The van der Waals surface area contributed by atoms with Crippen LogP contribution in [0.15, 0.2) is 30.3 Å². The first-order valence-corrected chi connectivity index (χ1v) is 4.85. The van der Waals surface area contributed by atoms with Gasteiger partial charge in [-0.2, -0.15) is 8.78 Å². The number of hydrogen-bond donors (Lipinski definition) is 2. The number of hydrogen-bond acceptors (Lipinski definition) is 3. The first kappa shape index (κ1) is 13.5. The second-order valence-electron chi connectivity index (χ2n) is 3.44. The van der Waals surface area contributed by atoms with Gasteiger partial charge < -0.3 is 14.9 Å². The predicted octanol–water partition coefficient (Wildman–Crippen LogP) is 1.28. The van der Waals surface area contributed by atoms with Crippen LogP contribution in [0.3, 0.4) is 0 Å². The number of ether oxygens (including phenoxy) is 1. The smallest absolute Gasteiger partial charge is 0.377 e. The molecule has 1 unspecified atom stereocenters. The lowest BCUT2D eigenvalue weighted by Gasteiger charge is -2.18. The minimum Gasteiger partial charge on any atom is -0.477 e. The highest BCUT2D eigenvalue weighted by Crippen LogP contribution is 2.19. The second kappa shape index (κ2) is 5.70. The Morgan fingerprint density at radius 1 is 1.35 bits per heavy atom. The van der Waals surface area contributed by atoms with Crippen LogP contribution >= 0.6 is 0 Å². The average Bonchev–Trinajstić information content (AvgIpc) is 2.30. The molecule has 0 amide bonds. The summed E-state index contributed by atoms with van der Waals surface area (Å²) in [6.45, 7) is -0.707. The summed E-state index contributed by atoms with van der Waals surface area (Å²) < 4.78 is 30.3. The molecule has 0 heterocycles. The SMILES string of the molecule is O=C(O)C(F)(F)C(O)COCc1ccccc1. The van der Waals surface area contributed by atoms with Crippen molar-refractivity contribution in [3.05, 3.63) is 35.9 Å². The van der Waals surface area contributed by atoms with E-state index >= 15 is 0 Å². The summed E-state index contributed by atoms with van der Waals surface area (Å²) in [5.41, 5.74) is 0.748. The van der Waals surface area contributed by atoms with Gasteiger partial charge in [-0.1, -0.05) is 30.3 Å². The average molecular weight is 246 g/mol. The van der Waals surface area contributed by atoms with E-state index < -0.39 is 24.6 Å². The fourth-order valence-electron chi connectivity index (χ4n) is 1.11. The molecule has 0 aliphatic heterocycles. The topological polar surface area (TPSA) is 66.8 Å². The normalized spacial score (nSPS) is 13.4. The van der Waals surface area contributed by atoms with Crippen molar-refractivity contribution in [3.8, 4) is 0 Å². The number of aliphatic hydroxyl groups excluding tert-OH is 1. The molecule has 1 atom stereocenters. The Balaban J connectivity index is 2.39. The molecule has 0 saturated carbocycles. The fourth-order valence-corrected chi connectivity index (χ4v) is 1.11. The quantitative estimate of drug-likeness (QED) is 0.793. The standard InChI is InChI=1S/C11H12F2O4/c12-11(13,10(15)16)9(14)7-17-6-8-4-2-1-3-5-8/h1-5,9,14H,6-7H2,(H,15,16). The number of benzene rings is 1. The Morgan fingerprint density at radius 2 is 1.94 bits per heavy atom. The van der Waals surface area contributed by atoms with E-state index in [-0.39, 0.29) is 6.61 Å². The zero-order chi connectivity index (χ0) is 12.9. The Bertz CT molecular complexity index is 367. The van der Waals surface area contributed by atoms with Gasteiger partial charge in [-0.15, -0.1) is 0 Å². The number of aliphatic hydroxyl groups is 1. The summed E-state index contributed by atoms with van der Waals surface area (Å²) in [5, 5.41) is 17.1. The molecular weight excluding hydrogens is 234 g/mol. The third-order valence-electron chi connectivity index (χ3n) is 2.09. The lowest BCUT2D eigenvalue weighted by Crippen LogP contribution is -2.44. The van der Waals surface area contributed by atoms with Gasteiger partial charge in [-0.3, -0.25) is 0 Å². The van der Waals surface area contributed by atoms with Crippen LogP contribution in [-0.2, 0) is 16.1 Å². The molecule has 0 bridgehead atoms. The molecule has 0 aliphatic carbocycles. The van der Waals surface area contributed by atoms with Gasteiger partial charge in [0.15, 0.2) is 6.10 Å². The molecule has 17 heavy (non-hydrogen) atoms. The van der Waals surface area contributed by atoms with Crippen LogP contribution in [0.25, 0.3) is 0 Å². The summed E-state index contributed by atoms with van der Waals surface area (Å²) in [6.07, 6.45) is -2.36. The van der Waals surface area contributed by atoms with Crippen molar-refractivity contribution in [3.63, 3.8) is 0 Å². The lowest BCUT2D eigenvalue weighted by molar-refractivity contribution is -0.188. The maximum Gasteiger partial charge on any atom is 0.377 e. The van der Waals surface area contributed by atoms with E-state index in [0.717, 1.165) is 5.56 Å². The zero-order valence-corrected chi connectivity index (χ0v) is 8.85. The van der Waals surface area contributed by atoms with Crippen LogP contribution < -0.4 is 0 Å². The largest absolute Gasteiger partial charge is 0.477 e. The van der Waals surface area contributed by atoms with E-state index in [9.17, 15) is 13.6 Å². The zero-order valence-electron chi connectivity index (χ0n) is 8.85. The first-order chi connectivity index (χ1) is 7.94. The molecule has 0 aromatic heterocycles. The molecule has 0 saturated heterocycles. The van der Waals surface area contributed by atoms with Gasteiger partial charge in [-0.25, -0.2) is 4.79 Å². The van der Waals surface area contributed by atoms with Crippen molar-refractivity contribution in [2.45, 2.75) is 18.6 Å². The maximum atomic E-state index is 12.7. The molecule has 0 spiro atoms. The molecule has 1 aromatic rings. The molecule has 4 nitrogen and oxygen atoms in total. The summed E-state index contributed by atoms with van der Waals surface area (Å²) >= 11 is 0. The predicted molar refractivity (Wildman–Crippen MR) is 54.7 cm³/mol. The van der Waals surface area contributed by atoms with E-state index in [2.05, 4.69) is 0 Å². The van der Waals surface area contributed by atoms with Crippen LogP contribution in [0.2, 0.25) is 0 Å². The molecule has 94 valence electrons. The van der Waals surface area contributed by atoms with E-state index in [1.165, 1.54) is 0 Å².